The molecule has 0 fully saturated rings. The molecule has 0 unspecified atom stereocenters. The molecule has 2 N–H and O–H groups in total. The van der Waals surface area contributed by atoms with Crippen LogP contribution in [0, 0.1) is 6.92 Å². The number of benzene rings is 1. The number of nitrogens with zero attached hydrogens (tertiary/aromatic N) is 1. The number of aliphatic hydroxyl groups excluding tert-OH is 1. The minimum Gasteiger partial charge on any atom is -0.394 e. The SMILES string of the molecule is Cc1cccc(C(=O)NCC(=O)N(C)C(C)(C)CO)c1. The van der Waals surface area contributed by atoms with Gasteiger partial charge in [-0.1, -0.05) is 17.7 Å². The Bertz CT molecular complexity index is 498. The summed E-state index contributed by atoms with van der Waals surface area (Å²) in [7, 11) is 1.61. The topological polar surface area (TPSA) is 69.6 Å². The van der Waals surface area contributed by atoms with E-state index in [0.29, 0.717) is 5.56 Å². The Labute approximate surface area is 119 Å². The van der Waals surface area contributed by atoms with Crippen molar-refractivity contribution >= 4 is 11.8 Å². The lowest BCUT2D eigenvalue weighted by atomic mass is 10.1. The molecule has 0 bridgehead atoms. The van der Waals surface area contributed by atoms with Crippen LogP contribution < -0.4 is 5.32 Å². The number of amides is 2. The van der Waals surface area contributed by atoms with Gasteiger partial charge in [-0.3, -0.25) is 9.59 Å². The lowest BCUT2D eigenvalue weighted by Gasteiger charge is -2.34. The molecule has 2 amide bonds. The second-order valence-electron chi connectivity index (χ2n) is 5.48. The Morgan fingerprint density at radius 1 is 1.35 bits per heavy atom. The maximum Gasteiger partial charge on any atom is 0.251 e. The van der Waals surface area contributed by atoms with Crippen LogP contribution in [0.15, 0.2) is 24.3 Å². The predicted molar refractivity (Wildman–Crippen MR) is 77.4 cm³/mol. The summed E-state index contributed by atoms with van der Waals surface area (Å²) in [4.78, 5) is 25.3. The normalized spacial score (nSPS) is 11.1. The fourth-order valence-electron chi connectivity index (χ4n) is 1.61. The summed E-state index contributed by atoms with van der Waals surface area (Å²) in [5, 5.41) is 11.8. The zero-order valence-electron chi connectivity index (χ0n) is 12.4. The molecule has 1 aromatic carbocycles. The van der Waals surface area contributed by atoms with Gasteiger partial charge in [-0.25, -0.2) is 0 Å². The van der Waals surface area contributed by atoms with Crippen LogP contribution in [0.4, 0.5) is 0 Å². The summed E-state index contributed by atoms with van der Waals surface area (Å²) in [5.41, 5.74) is 0.870. The van der Waals surface area contributed by atoms with Gasteiger partial charge in [0.1, 0.15) is 0 Å². The molecule has 0 aliphatic rings. The van der Waals surface area contributed by atoms with Crippen molar-refractivity contribution < 1.29 is 14.7 Å². The van der Waals surface area contributed by atoms with Gasteiger partial charge in [0, 0.05) is 12.6 Å². The summed E-state index contributed by atoms with van der Waals surface area (Å²) >= 11 is 0. The van der Waals surface area contributed by atoms with E-state index in [4.69, 9.17) is 0 Å². The van der Waals surface area contributed by atoms with Crippen LogP contribution in [-0.2, 0) is 4.79 Å². The predicted octanol–water partition coefficient (Wildman–Crippen LogP) is 0.954. The van der Waals surface area contributed by atoms with Crippen LogP contribution in [0.1, 0.15) is 29.8 Å². The summed E-state index contributed by atoms with van der Waals surface area (Å²) < 4.78 is 0. The Morgan fingerprint density at radius 2 is 2.00 bits per heavy atom. The number of hydrogen-bond acceptors (Lipinski definition) is 3. The van der Waals surface area contributed by atoms with E-state index in [-0.39, 0.29) is 25.0 Å². The molecule has 0 saturated heterocycles. The highest BCUT2D eigenvalue weighted by molar-refractivity contribution is 5.96. The number of aryl methyl sites for hydroxylation is 1. The lowest BCUT2D eigenvalue weighted by molar-refractivity contribution is -0.134. The van der Waals surface area contributed by atoms with Crippen LogP contribution in [0.3, 0.4) is 0 Å². The molecular weight excluding hydrogens is 256 g/mol. The van der Waals surface area contributed by atoms with Crippen molar-refractivity contribution in [1.29, 1.82) is 0 Å². The number of hydrogen-bond donors (Lipinski definition) is 2. The van der Waals surface area contributed by atoms with E-state index in [1.807, 2.05) is 13.0 Å². The first-order valence-corrected chi connectivity index (χ1v) is 6.50. The molecule has 0 aliphatic carbocycles. The van der Waals surface area contributed by atoms with Crippen LogP contribution in [0.5, 0.6) is 0 Å². The first-order chi connectivity index (χ1) is 9.27. The molecule has 1 rings (SSSR count). The third-order valence-corrected chi connectivity index (χ3v) is 3.35. The van der Waals surface area contributed by atoms with Crippen LogP contribution in [0.25, 0.3) is 0 Å². The Hall–Kier alpha value is -1.88. The number of rotatable bonds is 5. The molecule has 5 nitrogen and oxygen atoms in total. The summed E-state index contributed by atoms with van der Waals surface area (Å²) in [5.74, 6) is -0.526. The van der Waals surface area contributed by atoms with Crippen molar-refractivity contribution in [3.05, 3.63) is 35.4 Å². The van der Waals surface area contributed by atoms with E-state index >= 15 is 0 Å². The van der Waals surface area contributed by atoms with Crippen LogP contribution >= 0.6 is 0 Å². The molecule has 1 aromatic rings. The van der Waals surface area contributed by atoms with E-state index in [1.54, 1.807) is 39.1 Å². The van der Waals surface area contributed by atoms with Gasteiger partial charge in [0.15, 0.2) is 0 Å². The van der Waals surface area contributed by atoms with Gasteiger partial charge < -0.3 is 15.3 Å². The third kappa shape index (κ3) is 4.06. The summed E-state index contributed by atoms with van der Waals surface area (Å²) in [6.45, 7) is 5.19. The van der Waals surface area contributed by atoms with Crippen molar-refractivity contribution in [3.8, 4) is 0 Å². The van der Waals surface area contributed by atoms with Crippen molar-refractivity contribution in [3.63, 3.8) is 0 Å². The first kappa shape index (κ1) is 16.2. The molecule has 5 heteroatoms. The largest absolute Gasteiger partial charge is 0.394 e. The molecule has 0 aromatic heterocycles. The monoisotopic (exact) mass is 278 g/mol. The smallest absolute Gasteiger partial charge is 0.251 e. The van der Waals surface area contributed by atoms with Gasteiger partial charge in [-0.15, -0.1) is 0 Å². The van der Waals surface area contributed by atoms with Crippen LogP contribution in [0.2, 0.25) is 0 Å². The number of carbonyl (C=O) groups is 2. The molecular formula is C15H22N2O3. The Kier molecular flexibility index (Phi) is 5.27. The molecule has 20 heavy (non-hydrogen) atoms. The van der Waals surface area contributed by atoms with Gasteiger partial charge in [-0.2, -0.15) is 0 Å². The average Bonchev–Trinajstić information content (AvgIpc) is 2.43. The van der Waals surface area contributed by atoms with E-state index < -0.39 is 5.54 Å². The van der Waals surface area contributed by atoms with Crippen molar-refractivity contribution in [2.45, 2.75) is 26.3 Å². The zero-order chi connectivity index (χ0) is 15.3. The quantitative estimate of drug-likeness (QED) is 0.842. The lowest BCUT2D eigenvalue weighted by Crippen LogP contribution is -2.50. The molecule has 0 spiro atoms. The second-order valence-corrected chi connectivity index (χ2v) is 5.48. The van der Waals surface area contributed by atoms with Gasteiger partial charge >= 0.3 is 0 Å². The van der Waals surface area contributed by atoms with E-state index in [1.165, 1.54) is 4.90 Å². The summed E-state index contributed by atoms with van der Waals surface area (Å²) in [6, 6.07) is 7.17. The fraction of sp³-hybridized carbons (Fsp3) is 0.467. The summed E-state index contributed by atoms with van der Waals surface area (Å²) in [6.07, 6.45) is 0. The maximum atomic E-state index is 12.0. The molecule has 0 aliphatic heterocycles. The highest BCUT2D eigenvalue weighted by Gasteiger charge is 2.26. The molecule has 110 valence electrons. The molecule has 0 saturated carbocycles. The van der Waals surface area contributed by atoms with E-state index in [2.05, 4.69) is 5.32 Å². The van der Waals surface area contributed by atoms with E-state index in [9.17, 15) is 14.7 Å². The Morgan fingerprint density at radius 3 is 2.55 bits per heavy atom. The second kappa shape index (κ2) is 6.52. The molecule has 0 radical (unpaired) electrons. The van der Waals surface area contributed by atoms with Crippen molar-refractivity contribution in [2.24, 2.45) is 0 Å². The first-order valence-electron chi connectivity index (χ1n) is 6.50. The fourth-order valence-corrected chi connectivity index (χ4v) is 1.61. The zero-order valence-corrected chi connectivity index (χ0v) is 12.4. The van der Waals surface area contributed by atoms with Gasteiger partial charge in [-0.05, 0) is 32.9 Å². The number of carbonyl (C=O) groups excluding carboxylic acids is 2. The third-order valence-electron chi connectivity index (χ3n) is 3.35. The minimum atomic E-state index is -0.648. The molecule has 0 atom stereocenters. The minimum absolute atomic E-state index is 0.0906. The number of aliphatic hydroxyl groups is 1. The van der Waals surface area contributed by atoms with Crippen molar-refractivity contribution in [2.75, 3.05) is 20.2 Å². The highest BCUT2D eigenvalue weighted by atomic mass is 16.3. The van der Waals surface area contributed by atoms with Crippen LogP contribution in [-0.4, -0.2) is 47.6 Å². The highest BCUT2D eigenvalue weighted by Crippen LogP contribution is 2.10. The molecule has 0 heterocycles. The number of likely N-dealkylation sites (N-methyl/N-ethyl adjacent to an activating group) is 1. The Balaban J connectivity index is 2.59. The van der Waals surface area contributed by atoms with Gasteiger partial charge in [0.25, 0.3) is 5.91 Å². The van der Waals surface area contributed by atoms with E-state index in [0.717, 1.165) is 5.56 Å². The standard InChI is InChI=1S/C15H22N2O3/c1-11-6-5-7-12(8-11)14(20)16-9-13(19)17(4)15(2,3)10-18/h5-8,18H,9-10H2,1-4H3,(H,16,20). The maximum absolute atomic E-state index is 12.0. The van der Waals surface area contributed by atoms with Crippen molar-refractivity contribution in [1.82, 2.24) is 10.2 Å². The number of nitrogens with one attached hydrogen (secondary N) is 1. The average molecular weight is 278 g/mol. The van der Waals surface area contributed by atoms with Gasteiger partial charge in [0.05, 0.1) is 18.7 Å². The van der Waals surface area contributed by atoms with Gasteiger partial charge in [0.2, 0.25) is 5.91 Å².